The average Bonchev–Trinajstić information content (AvgIpc) is 3.35. The van der Waals surface area contributed by atoms with Crippen LogP contribution < -0.4 is 0 Å². The highest BCUT2D eigenvalue weighted by molar-refractivity contribution is 5.89. The molecule has 7 heteroatoms. The minimum absolute atomic E-state index is 0.481. The van der Waals surface area contributed by atoms with Crippen molar-refractivity contribution in [2.75, 3.05) is 0 Å². The van der Waals surface area contributed by atoms with Crippen molar-refractivity contribution in [1.82, 2.24) is 20.0 Å². The van der Waals surface area contributed by atoms with Gasteiger partial charge in [0.15, 0.2) is 0 Å². The van der Waals surface area contributed by atoms with Gasteiger partial charge >= 0.3 is 6.18 Å². The lowest BCUT2D eigenvalue weighted by Gasteiger charge is -2.10. The number of nitrogens with one attached hydrogen (secondary N) is 1. The largest absolute Gasteiger partial charge is 0.416 e. The molecule has 0 saturated carbocycles. The number of aromatic nitrogens is 4. The summed E-state index contributed by atoms with van der Waals surface area (Å²) >= 11 is 0. The summed E-state index contributed by atoms with van der Waals surface area (Å²) < 4.78 is 41.4. The van der Waals surface area contributed by atoms with Gasteiger partial charge in [-0.2, -0.15) is 23.4 Å². The van der Waals surface area contributed by atoms with Crippen molar-refractivity contribution >= 4 is 10.9 Å². The number of H-pyrrole nitrogens is 1. The number of fused-ring (bicyclic) bond motifs is 2. The van der Waals surface area contributed by atoms with Gasteiger partial charge in [0.05, 0.1) is 17.3 Å². The van der Waals surface area contributed by atoms with Crippen LogP contribution in [0.2, 0.25) is 0 Å². The second kappa shape index (κ2) is 5.70. The van der Waals surface area contributed by atoms with E-state index < -0.39 is 11.7 Å². The Kier molecular flexibility index (Phi) is 3.40. The molecule has 0 saturated heterocycles. The number of hydrogen-bond acceptors (Lipinski definition) is 2. The van der Waals surface area contributed by atoms with Crippen molar-refractivity contribution in [1.29, 1.82) is 0 Å². The lowest BCUT2D eigenvalue weighted by Crippen LogP contribution is -2.04. The highest BCUT2D eigenvalue weighted by Gasteiger charge is 2.31. The first-order valence-electron chi connectivity index (χ1n) is 8.71. The van der Waals surface area contributed by atoms with Crippen LogP contribution in [0.1, 0.15) is 17.7 Å². The van der Waals surface area contributed by atoms with Gasteiger partial charge in [-0.1, -0.05) is 18.2 Å². The summed E-state index contributed by atoms with van der Waals surface area (Å²) in [7, 11) is 0. The van der Waals surface area contributed by atoms with E-state index in [1.54, 1.807) is 12.3 Å². The van der Waals surface area contributed by atoms with E-state index in [1.807, 2.05) is 22.9 Å². The number of aromatic amines is 1. The monoisotopic (exact) mass is 368 g/mol. The lowest BCUT2D eigenvalue weighted by atomic mass is 9.96. The van der Waals surface area contributed by atoms with E-state index in [2.05, 4.69) is 15.3 Å². The Morgan fingerprint density at radius 2 is 1.93 bits per heavy atom. The van der Waals surface area contributed by atoms with Crippen molar-refractivity contribution in [3.63, 3.8) is 0 Å². The molecule has 0 amide bonds. The molecule has 27 heavy (non-hydrogen) atoms. The van der Waals surface area contributed by atoms with Gasteiger partial charge in [-0.25, -0.2) is 0 Å². The van der Waals surface area contributed by atoms with Gasteiger partial charge in [0, 0.05) is 28.8 Å². The van der Waals surface area contributed by atoms with Crippen LogP contribution >= 0.6 is 0 Å². The lowest BCUT2D eigenvalue weighted by molar-refractivity contribution is -0.137. The highest BCUT2D eigenvalue weighted by Crippen LogP contribution is 2.40. The minimum atomic E-state index is -4.38. The normalized spacial score (nSPS) is 14.0. The zero-order chi connectivity index (χ0) is 18.6. The molecule has 0 spiro atoms. The summed E-state index contributed by atoms with van der Waals surface area (Å²) in [6, 6.07) is 11.3. The molecule has 0 aliphatic carbocycles. The second-order valence-corrected chi connectivity index (χ2v) is 6.75. The Morgan fingerprint density at radius 1 is 1.04 bits per heavy atom. The fourth-order valence-electron chi connectivity index (χ4n) is 3.78. The van der Waals surface area contributed by atoms with Gasteiger partial charge in [-0.3, -0.25) is 9.78 Å². The van der Waals surface area contributed by atoms with Crippen molar-refractivity contribution in [2.24, 2.45) is 0 Å². The van der Waals surface area contributed by atoms with Crippen LogP contribution in [0.15, 0.2) is 48.7 Å². The smallest absolute Gasteiger partial charge is 0.278 e. The molecule has 4 aromatic rings. The molecule has 5 rings (SSSR count). The van der Waals surface area contributed by atoms with E-state index in [-0.39, 0.29) is 0 Å². The predicted octanol–water partition coefficient (Wildman–Crippen LogP) is 5.06. The summed E-state index contributed by atoms with van der Waals surface area (Å²) in [6.45, 7) is 0.787. The zero-order valence-electron chi connectivity index (χ0n) is 14.2. The van der Waals surface area contributed by atoms with Crippen LogP contribution in [0, 0.1) is 0 Å². The van der Waals surface area contributed by atoms with Gasteiger partial charge in [0.1, 0.15) is 5.69 Å². The maximum absolute atomic E-state index is 13.2. The Hall–Kier alpha value is -3.09. The van der Waals surface area contributed by atoms with Crippen LogP contribution in [0.25, 0.3) is 33.3 Å². The Morgan fingerprint density at radius 3 is 2.78 bits per heavy atom. The molecule has 1 aliphatic heterocycles. The van der Waals surface area contributed by atoms with Crippen molar-refractivity contribution in [3.8, 4) is 22.4 Å². The van der Waals surface area contributed by atoms with Crippen molar-refractivity contribution in [3.05, 3.63) is 59.9 Å². The molecule has 2 aromatic carbocycles. The van der Waals surface area contributed by atoms with Crippen LogP contribution in [0.3, 0.4) is 0 Å². The van der Waals surface area contributed by atoms with Crippen molar-refractivity contribution in [2.45, 2.75) is 25.6 Å². The summed E-state index contributed by atoms with van der Waals surface area (Å²) in [6.07, 6.45) is -0.780. The van der Waals surface area contributed by atoms with Crippen LogP contribution in [-0.4, -0.2) is 20.0 Å². The Labute approximate surface area is 152 Å². The van der Waals surface area contributed by atoms with Gasteiger partial charge < -0.3 is 0 Å². The Balaban J connectivity index is 1.72. The average molecular weight is 368 g/mol. The van der Waals surface area contributed by atoms with E-state index in [0.29, 0.717) is 11.3 Å². The molecule has 1 aliphatic rings. The van der Waals surface area contributed by atoms with Crippen molar-refractivity contribution < 1.29 is 13.2 Å². The third kappa shape index (κ3) is 2.61. The predicted molar refractivity (Wildman–Crippen MR) is 96.1 cm³/mol. The van der Waals surface area contributed by atoms with Gasteiger partial charge in [-0.05, 0) is 42.7 Å². The van der Waals surface area contributed by atoms with E-state index in [0.717, 1.165) is 53.2 Å². The fourth-order valence-corrected chi connectivity index (χ4v) is 3.78. The van der Waals surface area contributed by atoms with E-state index in [9.17, 15) is 13.2 Å². The van der Waals surface area contributed by atoms with Gasteiger partial charge in [0.25, 0.3) is 0 Å². The fraction of sp³-hybridized carbons (Fsp3) is 0.200. The second-order valence-electron chi connectivity index (χ2n) is 6.75. The summed E-state index contributed by atoms with van der Waals surface area (Å²) in [5.41, 5.74) is 4.26. The number of nitrogens with zero attached hydrogens (tertiary/aromatic N) is 3. The molecule has 0 bridgehead atoms. The molecule has 136 valence electrons. The number of halogens is 3. The standard InChI is InChI=1S/C20H15F3N4/c21-20(22,23)15-4-1-3-13(10-15)19-18(17-5-2-8-27(17)26-19)12-6-7-16-14(9-12)11-24-25-16/h1,3-4,6-7,9-11H,2,5,8H2,(H,24,25). The first-order valence-corrected chi connectivity index (χ1v) is 8.71. The molecule has 4 nitrogen and oxygen atoms in total. The zero-order valence-corrected chi connectivity index (χ0v) is 14.2. The number of rotatable bonds is 2. The quantitative estimate of drug-likeness (QED) is 0.538. The van der Waals surface area contributed by atoms with Gasteiger partial charge in [-0.15, -0.1) is 0 Å². The summed E-state index contributed by atoms with van der Waals surface area (Å²) in [5, 5.41) is 12.6. The summed E-state index contributed by atoms with van der Waals surface area (Å²) in [5.74, 6) is 0. The molecule has 1 N–H and O–H groups in total. The third-order valence-electron chi connectivity index (χ3n) is 5.03. The number of alkyl halides is 3. The number of aryl methyl sites for hydroxylation is 1. The topological polar surface area (TPSA) is 46.5 Å². The van der Waals surface area contributed by atoms with Crippen LogP contribution in [0.4, 0.5) is 13.2 Å². The maximum Gasteiger partial charge on any atom is 0.416 e. The molecular weight excluding hydrogens is 353 g/mol. The highest BCUT2D eigenvalue weighted by atomic mass is 19.4. The van der Waals surface area contributed by atoms with E-state index >= 15 is 0 Å². The number of benzene rings is 2. The van der Waals surface area contributed by atoms with Crippen LogP contribution in [0.5, 0.6) is 0 Å². The first kappa shape index (κ1) is 16.1. The molecule has 0 radical (unpaired) electrons. The first-order chi connectivity index (χ1) is 13.0. The van der Waals surface area contributed by atoms with Gasteiger partial charge in [0.2, 0.25) is 0 Å². The molecule has 3 heterocycles. The third-order valence-corrected chi connectivity index (χ3v) is 5.03. The summed E-state index contributed by atoms with van der Waals surface area (Å²) in [4.78, 5) is 0. The maximum atomic E-state index is 13.2. The molecule has 0 unspecified atom stereocenters. The van der Waals surface area contributed by atoms with E-state index in [1.165, 1.54) is 12.1 Å². The molecular formula is C20H15F3N4. The molecule has 2 aromatic heterocycles. The van der Waals surface area contributed by atoms with Crippen LogP contribution in [-0.2, 0) is 19.1 Å². The number of hydrogen-bond donors (Lipinski definition) is 1. The SMILES string of the molecule is FC(F)(F)c1cccc(-c2nn3c(c2-c2ccc4[nH]ncc4c2)CCC3)c1. The minimum Gasteiger partial charge on any atom is -0.278 e. The van der Waals surface area contributed by atoms with E-state index in [4.69, 9.17) is 0 Å². The molecule has 0 atom stereocenters. The Bertz CT molecular complexity index is 1150. The molecule has 0 fully saturated rings.